The van der Waals surface area contributed by atoms with E-state index in [1.165, 1.54) is 64.2 Å². The van der Waals surface area contributed by atoms with Gasteiger partial charge in [0.25, 0.3) is 0 Å². The number of thiocarbonyl (C=S) groups is 1. The molecular weight excluding hydrogens is 252 g/mol. The summed E-state index contributed by atoms with van der Waals surface area (Å²) in [5.41, 5.74) is 5.85. The Hall–Kier alpha value is -0.150. The molecule has 1 atom stereocenters. The van der Waals surface area contributed by atoms with Gasteiger partial charge in [0.15, 0.2) is 0 Å². The molecule has 2 rings (SSSR count). The van der Waals surface area contributed by atoms with Gasteiger partial charge >= 0.3 is 0 Å². The van der Waals surface area contributed by atoms with Crippen molar-refractivity contribution in [1.29, 1.82) is 0 Å². The second kappa shape index (κ2) is 7.58. The first-order valence-electron chi connectivity index (χ1n) is 8.23. The Morgan fingerprint density at radius 2 is 1.42 bits per heavy atom. The van der Waals surface area contributed by atoms with Gasteiger partial charge in [-0.15, -0.1) is 0 Å². The molecule has 1 unspecified atom stereocenters. The van der Waals surface area contributed by atoms with Crippen molar-refractivity contribution in [2.24, 2.45) is 11.7 Å². The van der Waals surface area contributed by atoms with Crippen molar-refractivity contribution in [1.82, 2.24) is 4.90 Å². The molecule has 2 aliphatic rings. The summed E-state index contributed by atoms with van der Waals surface area (Å²) in [7, 11) is 0. The van der Waals surface area contributed by atoms with E-state index < -0.39 is 0 Å². The zero-order valence-corrected chi connectivity index (χ0v) is 13.3. The molecule has 0 radical (unpaired) electrons. The predicted octanol–water partition coefficient (Wildman–Crippen LogP) is 3.88. The van der Waals surface area contributed by atoms with E-state index in [9.17, 15) is 0 Å². The van der Waals surface area contributed by atoms with Crippen LogP contribution >= 0.6 is 12.2 Å². The van der Waals surface area contributed by atoms with Gasteiger partial charge in [-0.25, -0.2) is 0 Å². The van der Waals surface area contributed by atoms with Crippen molar-refractivity contribution in [3.63, 3.8) is 0 Å². The summed E-state index contributed by atoms with van der Waals surface area (Å²) in [4.78, 5) is 3.49. The van der Waals surface area contributed by atoms with Gasteiger partial charge in [0.1, 0.15) is 0 Å². The average molecular weight is 282 g/mol. The summed E-state index contributed by atoms with van der Waals surface area (Å²) in [6, 6.07) is 1.60. The molecule has 0 aromatic heterocycles. The molecule has 2 aliphatic carbocycles. The summed E-state index contributed by atoms with van der Waals surface area (Å²) in [6.07, 6.45) is 14.1. The SMILES string of the molecule is CC(CN(C1CCCCC1)C1CCCCC1)C(N)=S. The fourth-order valence-electron chi connectivity index (χ4n) is 3.83. The van der Waals surface area contributed by atoms with E-state index in [1.807, 2.05) is 0 Å². The van der Waals surface area contributed by atoms with Gasteiger partial charge < -0.3 is 5.73 Å². The van der Waals surface area contributed by atoms with E-state index in [1.54, 1.807) is 0 Å². The van der Waals surface area contributed by atoms with Gasteiger partial charge in [0, 0.05) is 24.5 Å². The van der Waals surface area contributed by atoms with E-state index in [0.29, 0.717) is 10.9 Å². The molecule has 3 heteroatoms. The van der Waals surface area contributed by atoms with Crippen molar-refractivity contribution < 1.29 is 0 Å². The number of rotatable bonds is 5. The highest BCUT2D eigenvalue weighted by atomic mass is 32.1. The molecule has 0 heterocycles. The molecule has 0 amide bonds. The molecule has 0 aromatic rings. The van der Waals surface area contributed by atoms with E-state index in [0.717, 1.165) is 18.6 Å². The van der Waals surface area contributed by atoms with Crippen LogP contribution in [-0.4, -0.2) is 28.5 Å². The lowest BCUT2D eigenvalue weighted by atomic mass is 9.88. The monoisotopic (exact) mass is 282 g/mol. The lowest BCUT2D eigenvalue weighted by molar-refractivity contribution is 0.0745. The summed E-state index contributed by atoms with van der Waals surface area (Å²) < 4.78 is 0. The van der Waals surface area contributed by atoms with E-state index in [-0.39, 0.29) is 0 Å². The topological polar surface area (TPSA) is 29.3 Å². The molecule has 2 N–H and O–H groups in total. The number of nitrogens with zero attached hydrogens (tertiary/aromatic N) is 1. The Labute approximate surface area is 124 Å². The summed E-state index contributed by atoms with van der Waals surface area (Å²) >= 11 is 5.19. The van der Waals surface area contributed by atoms with Crippen LogP contribution in [0.3, 0.4) is 0 Å². The number of hydrogen-bond donors (Lipinski definition) is 1. The first kappa shape index (κ1) is 15.2. The zero-order chi connectivity index (χ0) is 13.7. The van der Waals surface area contributed by atoms with Crippen LogP contribution in [0.1, 0.15) is 71.1 Å². The smallest absolute Gasteiger partial charge is 0.0768 e. The number of hydrogen-bond acceptors (Lipinski definition) is 2. The minimum absolute atomic E-state index is 0.360. The first-order valence-corrected chi connectivity index (χ1v) is 8.64. The van der Waals surface area contributed by atoms with Crippen molar-refractivity contribution in [2.75, 3.05) is 6.54 Å². The van der Waals surface area contributed by atoms with Gasteiger partial charge in [-0.2, -0.15) is 0 Å². The Balaban J connectivity index is 2.00. The summed E-state index contributed by atoms with van der Waals surface area (Å²) in [6.45, 7) is 3.28. The van der Waals surface area contributed by atoms with Crippen LogP contribution in [0, 0.1) is 5.92 Å². The third kappa shape index (κ3) is 4.42. The van der Waals surface area contributed by atoms with Crippen molar-refractivity contribution in [3.05, 3.63) is 0 Å². The Morgan fingerprint density at radius 1 is 1.00 bits per heavy atom. The molecule has 2 fully saturated rings. The minimum Gasteiger partial charge on any atom is -0.393 e. The largest absolute Gasteiger partial charge is 0.393 e. The molecule has 2 saturated carbocycles. The third-order valence-electron chi connectivity index (χ3n) is 5.06. The normalized spacial score (nSPS) is 24.5. The highest BCUT2D eigenvalue weighted by Crippen LogP contribution is 2.30. The van der Waals surface area contributed by atoms with Crippen LogP contribution in [-0.2, 0) is 0 Å². The van der Waals surface area contributed by atoms with E-state index >= 15 is 0 Å². The van der Waals surface area contributed by atoms with Crippen LogP contribution in [0.4, 0.5) is 0 Å². The van der Waals surface area contributed by atoms with Crippen LogP contribution in [0.5, 0.6) is 0 Å². The van der Waals surface area contributed by atoms with Crippen LogP contribution in [0.2, 0.25) is 0 Å². The van der Waals surface area contributed by atoms with Gasteiger partial charge in [0.05, 0.1) is 4.99 Å². The quantitative estimate of drug-likeness (QED) is 0.776. The van der Waals surface area contributed by atoms with Gasteiger partial charge in [-0.1, -0.05) is 57.7 Å². The Bertz CT molecular complexity index is 262. The van der Waals surface area contributed by atoms with Crippen LogP contribution < -0.4 is 5.73 Å². The number of nitrogens with two attached hydrogens (primary N) is 1. The Morgan fingerprint density at radius 3 is 1.79 bits per heavy atom. The van der Waals surface area contributed by atoms with Gasteiger partial charge in [0.2, 0.25) is 0 Å². The lowest BCUT2D eigenvalue weighted by Crippen LogP contribution is -2.48. The van der Waals surface area contributed by atoms with Gasteiger partial charge in [-0.3, -0.25) is 4.90 Å². The minimum atomic E-state index is 0.360. The molecule has 19 heavy (non-hydrogen) atoms. The van der Waals surface area contributed by atoms with Gasteiger partial charge in [-0.05, 0) is 25.7 Å². The standard InChI is InChI=1S/C16H30N2S/c1-13(16(17)19)12-18(14-8-4-2-5-9-14)15-10-6-3-7-11-15/h13-15H,2-12H2,1H3,(H2,17,19). The van der Waals surface area contributed by atoms with E-state index in [4.69, 9.17) is 18.0 Å². The second-order valence-electron chi connectivity index (χ2n) is 6.58. The molecule has 2 nitrogen and oxygen atoms in total. The third-order valence-corrected chi connectivity index (χ3v) is 5.46. The summed E-state index contributed by atoms with van der Waals surface area (Å²) in [5.74, 6) is 0.360. The molecule has 0 aromatic carbocycles. The van der Waals surface area contributed by atoms with Crippen LogP contribution in [0.25, 0.3) is 0 Å². The molecule has 0 aliphatic heterocycles. The molecular formula is C16H30N2S. The van der Waals surface area contributed by atoms with E-state index in [2.05, 4.69) is 11.8 Å². The lowest BCUT2D eigenvalue weighted by Gasteiger charge is -2.42. The average Bonchev–Trinajstić information content (AvgIpc) is 2.46. The maximum absolute atomic E-state index is 5.85. The molecule has 0 spiro atoms. The van der Waals surface area contributed by atoms with Crippen molar-refractivity contribution in [2.45, 2.75) is 83.2 Å². The first-order chi connectivity index (χ1) is 9.18. The van der Waals surface area contributed by atoms with Crippen molar-refractivity contribution in [3.8, 4) is 0 Å². The fraction of sp³-hybridized carbons (Fsp3) is 0.938. The maximum atomic E-state index is 5.85. The zero-order valence-electron chi connectivity index (χ0n) is 12.4. The molecule has 0 saturated heterocycles. The van der Waals surface area contributed by atoms with Crippen molar-refractivity contribution >= 4 is 17.2 Å². The second-order valence-corrected chi connectivity index (χ2v) is 7.06. The van der Waals surface area contributed by atoms with Crippen LogP contribution in [0.15, 0.2) is 0 Å². The predicted molar refractivity (Wildman–Crippen MR) is 86.4 cm³/mol. The maximum Gasteiger partial charge on any atom is 0.0768 e. The highest BCUT2D eigenvalue weighted by Gasteiger charge is 2.29. The molecule has 0 bridgehead atoms. The molecule has 110 valence electrons. The summed E-state index contributed by atoms with van der Waals surface area (Å²) in [5, 5.41) is 0. The highest BCUT2D eigenvalue weighted by molar-refractivity contribution is 7.80. The fourth-order valence-corrected chi connectivity index (χ4v) is 3.90. The Kier molecular flexibility index (Phi) is 6.08.